The summed E-state index contributed by atoms with van der Waals surface area (Å²) >= 11 is 0. The van der Waals surface area contributed by atoms with Gasteiger partial charge in [0, 0.05) is 18.6 Å². The quantitative estimate of drug-likeness (QED) is 0.425. The van der Waals surface area contributed by atoms with Gasteiger partial charge in [0.2, 0.25) is 0 Å². The van der Waals surface area contributed by atoms with Crippen molar-refractivity contribution in [3.05, 3.63) is 64.7 Å². The van der Waals surface area contributed by atoms with Gasteiger partial charge in [0.05, 0.1) is 0 Å². The maximum absolute atomic E-state index is 2.29. The molecule has 0 unspecified atom stereocenters. The van der Waals surface area contributed by atoms with E-state index in [1.807, 2.05) is 27.7 Å². The predicted molar refractivity (Wildman–Crippen MR) is 96.8 cm³/mol. The Morgan fingerprint density at radius 1 is 0.636 bits per heavy atom. The molecule has 0 aromatic heterocycles. The third-order valence-corrected chi connectivity index (χ3v) is 3.51. The van der Waals surface area contributed by atoms with E-state index in [1.54, 1.807) is 0 Å². The van der Waals surface area contributed by atoms with Gasteiger partial charge in [0.1, 0.15) is 0 Å². The summed E-state index contributed by atoms with van der Waals surface area (Å²) in [7, 11) is 0. The van der Waals surface area contributed by atoms with E-state index in [4.69, 9.17) is 0 Å². The largest absolute Gasteiger partial charge is 0.0791 e. The molecule has 3 rings (SSSR count). The van der Waals surface area contributed by atoms with E-state index in [1.165, 1.54) is 39.0 Å². The molecule has 0 fully saturated rings. The van der Waals surface area contributed by atoms with Crippen LogP contribution in [-0.4, -0.2) is 0 Å². The van der Waals surface area contributed by atoms with Gasteiger partial charge in [-0.05, 0) is 48.6 Å². The van der Waals surface area contributed by atoms with Crippen molar-refractivity contribution >= 4 is 5.57 Å². The molecule has 0 bridgehead atoms. The van der Waals surface area contributed by atoms with Gasteiger partial charge in [0.15, 0.2) is 0 Å². The first-order valence-corrected chi connectivity index (χ1v) is 8.09. The van der Waals surface area contributed by atoms with E-state index >= 15 is 0 Å². The molecule has 0 nitrogen and oxygen atoms in total. The van der Waals surface area contributed by atoms with Crippen LogP contribution in [0.2, 0.25) is 0 Å². The average molecular weight is 331 g/mol. The number of allylic oxidation sites excluding steroid dienone is 1. The van der Waals surface area contributed by atoms with Crippen molar-refractivity contribution < 1.29 is 18.6 Å². The van der Waals surface area contributed by atoms with Crippen molar-refractivity contribution in [1.82, 2.24) is 0 Å². The molecule has 1 aliphatic rings. The van der Waals surface area contributed by atoms with Crippen LogP contribution in [0.25, 0.3) is 16.7 Å². The first kappa shape index (κ1) is 20.8. The topological polar surface area (TPSA) is 0 Å². The summed E-state index contributed by atoms with van der Waals surface area (Å²) in [6, 6.07) is 13.5. The van der Waals surface area contributed by atoms with Gasteiger partial charge >= 0.3 is 0 Å². The van der Waals surface area contributed by atoms with Crippen molar-refractivity contribution in [2.75, 3.05) is 0 Å². The van der Waals surface area contributed by atoms with Crippen LogP contribution in [0.5, 0.6) is 0 Å². The fourth-order valence-corrected chi connectivity index (χ4v) is 2.69. The second-order valence-corrected chi connectivity index (χ2v) is 4.80. The smallest absolute Gasteiger partial charge is 0 e. The number of aryl methyl sites for hydroxylation is 2. The molecule has 1 radical (unpaired) electrons. The van der Waals surface area contributed by atoms with E-state index in [2.05, 4.69) is 63.2 Å². The van der Waals surface area contributed by atoms with E-state index in [0.29, 0.717) is 0 Å². The molecule has 0 atom stereocenters. The number of benzene rings is 2. The first-order valence-electron chi connectivity index (χ1n) is 8.09. The van der Waals surface area contributed by atoms with Crippen LogP contribution in [0.3, 0.4) is 0 Å². The second kappa shape index (κ2) is 9.71. The Morgan fingerprint density at radius 2 is 1.00 bits per heavy atom. The van der Waals surface area contributed by atoms with Gasteiger partial charge in [-0.25, -0.2) is 0 Å². The Hall–Kier alpha value is -1.24. The van der Waals surface area contributed by atoms with Crippen LogP contribution in [0.4, 0.5) is 0 Å². The van der Waals surface area contributed by atoms with Gasteiger partial charge in [-0.2, -0.15) is 0 Å². The molecule has 0 saturated carbocycles. The molecule has 0 spiro atoms. The molecular weight excluding hydrogens is 303 g/mol. The van der Waals surface area contributed by atoms with Gasteiger partial charge in [-0.1, -0.05) is 81.3 Å². The molecule has 0 aliphatic heterocycles. The number of hydrogen-bond acceptors (Lipinski definition) is 0. The fourth-order valence-electron chi connectivity index (χ4n) is 2.69. The SMILES string of the molecule is CC.CC.CC=C1c2cc(C)ccc2-c2ccc(C)cc21.[V]. The Balaban J connectivity index is 0.000000819. The number of fused-ring (bicyclic) bond motifs is 3. The van der Waals surface area contributed by atoms with Gasteiger partial charge < -0.3 is 0 Å². The summed E-state index contributed by atoms with van der Waals surface area (Å²) in [4.78, 5) is 0. The van der Waals surface area contributed by atoms with Gasteiger partial charge in [-0.15, -0.1) is 0 Å². The molecular formula is C21H28V. The van der Waals surface area contributed by atoms with Crippen molar-refractivity contribution in [2.24, 2.45) is 0 Å². The third kappa shape index (κ3) is 3.94. The van der Waals surface area contributed by atoms with Crippen LogP contribution in [0.15, 0.2) is 42.5 Å². The monoisotopic (exact) mass is 331 g/mol. The summed E-state index contributed by atoms with van der Waals surface area (Å²) in [5.41, 5.74) is 9.54. The summed E-state index contributed by atoms with van der Waals surface area (Å²) in [5, 5.41) is 0. The Kier molecular flexibility index (Phi) is 9.17. The van der Waals surface area contributed by atoms with E-state index in [9.17, 15) is 0 Å². The molecule has 0 amide bonds. The van der Waals surface area contributed by atoms with Gasteiger partial charge in [-0.3, -0.25) is 0 Å². The summed E-state index contributed by atoms with van der Waals surface area (Å²) < 4.78 is 0. The van der Waals surface area contributed by atoms with Crippen LogP contribution < -0.4 is 0 Å². The summed E-state index contributed by atoms with van der Waals surface area (Å²) in [6.45, 7) is 14.4. The molecule has 22 heavy (non-hydrogen) atoms. The third-order valence-electron chi connectivity index (χ3n) is 3.51. The Bertz CT molecular complexity index is 583. The van der Waals surface area contributed by atoms with Crippen LogP contribution >= 0.6 is 0 Å². The normalized spacial score (nSPS) is 10.0. The van der Waals surface area contributed by atoms with E-state index < -0.39 is 0 Å². The maximum atomic E-state index is 2.29. The number of hydrogen-bond donors (Lipinski definition) is 0. The zero-order valence-corrected chi connectivity index (χ0v) is 16.4. The molecule has 2 aromatic carbocycles. The van der Waals surface area contributed by atoms with Crippen LogP contribution in [0.1, 0.15) is 56.9 Å². The Morgan fingerprint density at radius 3 is 1.32 bits per heavy atom. The number of rotatable bonds is 0. The van der Waals surface area contributed by atoms with E-state index in [-0.39, 0.29) is 18.6 Å². The molecule has 2 aromatic rings. The van der Waals surface area contributed by atoms with E-state index in [0.717, 1.165) is 0 Å². The minimum Gasteiger partial charge on any atom is -0.0791 e. The molecule has 0 saturated heterocycles. The molecule has 1 heteroatoms. The zero-order valence-electron chi connectivity index (χ0n) is 15.0. The fraction of sp³-hybridized carbons (Fsp3) is 0.333. The minimum atomic E-state index is 0. The van der Waals surface area contributed by atoms with Crippen molar-refractivity contribution in [3.63, 3.8) is 0 Å². The standard InChI is InChI=1S/C17H16.2C2H6.V/c1-4-13-16-9-11(2)5-7-14(16)15-8-6-12(3)10-17(13)15;2*1-2;/h4-10H,1-3H3;2*1-2H3;. The van der Waals surface area contributed by atoms with Gasteiger partial charge in [0.25, 0.3) is 0 Å². The molecule has 117 valence electrons. The minimum absolute atomic E-state index is 0. The average Bonchev–Trinajstić information content (AvgIpc) is 2.83. The second-order valence-electron chi connectivity index (χ2n) is 4.80. The summed E-state index contributed by atoms with van der Waals surface area (Å²) in [5.74, 6) is 0. The van der Waals surface area contributed by atoms with Crippen molar-refractivity contribution in [2.45, 2.75) is 48.5 Å². The summed E-state index contributed by atoms with van der Waals surface area (Å²) in [6.07, 6.45) is 2.23. The zero-order chi connectivity index (χ0) is 16.0. The first-order chi connectivity index (χ1) is 10.2. The van der Waals surface area contributed by atoms with Crippen molar-refractivity contribution in [1.29, 1.82) is 0 Å². The molecule has 0 N–H and O–H groups in total. The molecule has 1 aliphatic carbocycles. The maximum Gasteiger partial charge on any atom is 0 e. The Labute approximate surface area is 148 Å². The predicted octanol–water partition coefficient (Wildman–Crippen LogP) is 6.79. The van der Waals surface area contributed by atoms with Crippen LogP contribution in [0, 0.1) is 13.8 Å². The molecule has 0 heterocycles. The van der Waals surface area contributed by atoms with Crippen molar-refractivity contribution in [3.8, 4) is 11.1 Å². The van der Waals surface area contributed by atoms with Crippen LogP contribution in [-0.2, 0) is 18.6 Å².